The summed E-state index contributed by atoms with van der Waals surface area (Å²) >= 11 is 0. The van der Waals surface area contributed by atoms with Gasteiger partial charge in [0.1, 0.15) is 12.6 Å². The maximum absolute atomic E-state index is 13.3. The van der Waals surface area contributed by atoms with Crippen molar-refractivity contribution in [3.05, 3.63) is 35.9 Å². The number of nitrogens with one attached hydrogen (secondary N) is 2. The van der Waals surface area contributed by atoms with Crippen LogP contribution in [0.4, 0.5) is 4.79 Å². The van der Waals surface area contributed by atoms with Crippen LogP contribution in [0, 0.1) is 23.2 Å². The molecular weight excluding hydrogens is 459 g/mol. The lowest BCUT2D eigenvalue weighted by atomic mass is 9.43. The van der Waals surface area contributed by atoms with Gasteiger partial charge in [0.15, 0.2) is 0 Å². The highest BCUT2D eigenvalue weighted by Gasteiger charge is 2.68. The minimum Gasteiger partial charge on any atom is -0.445 e. The van der Waals surface area contributed by atoms with Crippen LogP contribution in [0.5, 0.6) is 0 Å². The lowest BCUT2D eigenvalue weighted by molar-refractivity contribution is -0.199. The first-order valence-electron chi connectivity index (χ1n) is 13.2. The fraction of sp³-hybridized carbons (Fsp3) is 0.704. The number of benzene rings is 1. The van der Waals surface area contributed by atoms with Crippen molar-refractivity contribution in [1.82, 2.24) is 10.6 Å². The van der Waals surface area contributed by atoms with E-state index in [1.807, 2.05) is 30.3 Å². The first-order chi connectivity index (χ1) is 16.9. The Morgan fingerprint density at radius 1 is 1.14 bits per heavy atom. The van der Waals surface area contributed by atoms with Gasteiger partial charge in [0.05, 0.1) is 23.8 Å². The highest BCUT2D eigenvalue weighted by Crippen LogP contribution is 2.65. The van der Waals surface area contributed by atoms with E-state index < -0.39 is 37.2 Å². The molecule has 198 valence electrons. The van der Waals surface area contributed by atoms with Gasteiger partial charge in [0.25, 0.3) is 0 Å². The van der Waals surface area contributed by atoms with Crippen LogP contribution in [0.1, 0.15) is 66.4 Å². The monoisotopic (exact) mass is 500 g/mol. The quantitative estimate of drug-likeness (QED) is 0.449. The number of hydrogen-bond acceptors (Lipinski definition) is 6. The maximum atomic E-state index is 13.3. The second kappa shape index (κ2) is 10.3. The molecule has 3 N–H and O–H groups in total. The van der Waals surface area contributed by atoms with Gasteiger partial charge in [-0.25, -0.2) is 4.79 Å². The Morgan fingerprint density at radius 2 is 1.83 bits per heavy atom. The first-order valence-corrected chi connectivity index (χ1v) is 13.2. The van der Waals surface area contributed by atoms with Gasteiger partial charge in [0.2, 0.25) is 5.91 Å². The Hall–Kier alpha value is -2.10. The summed E-state index contributed by atoms with van der Waals surface area (Å²) in [6.07, 6.45) is 0.869. The molecule has 4 fully saturated rings. The zero-order valence-electron chi connectivity index (χ0n) is 22.3. The molecule has 0 spiro atoms. The van der Waals surface area contributed by atoms with E-state index >= 15 is 0 Å². The van der Waals surface area contributed by atoms with E-state index in [0.717, 1.165) is 18.4 Å². The van der Waals surface area contributed by atoms with Crippen molar-refractivity contribution in [1.29, 1.82) is 0 Å². The van der Waals surface area contributed by atoms with Crippen LogP contribution in [0.15, 0.2) is 30.3 Å². The molecule has 0 radical (unpaired) electrons. The van der Waals surface area contributed by atoms with Gasteiger partial charge in [-0.2, -0.15) is 0 Å². The van der Waals surface area contributed by atoms with Gasteiger partial charge in [-0.15, -0.1) is 0 Å². The summed E-state index contributed by atoms with van der Waals surface area (Å²) in [6, 6.07) is 8.09. The lowest BCUT2D eigenvalue weighted by Gasteiger charge is -2.64. The zero-order valence-corrected chi connectivity index (χ0v) is 22.3. The third kappa shape index (κ3) is 5.29. The van der Waals surface area contributed by atoms with Gasteiger partial charge in [-0.1, -0.05) is 58.0 Å². The van der Waals surface area contributed by atoms with Crippen molar-refractivity contribution in [3.63, 3.8) is 0 Å². The minimum atomic E-state index is -1.17. The molecule has 0 aromatic heterocycles. The predicted molar refractivity (Wildman–Crippen MR) is 137 cm³/mol. The molecular formula is C27H41BN2O6. The number of aliphatic hydroxyl groups excluding tert-OH is 1. The Morgan fingerprint density at radius 3 is 2.44 bits per heavy atom. The lowest BCUT2D eigenvalue weighted by Crippen LogP contribution is -2.65. The number of carbonyl (C=O) groups excluding carboxylic acids is 2. The SMILES string of the molecule is CC(C)C[C@H](NC(=O)[C@@H](NC(=O)OCc1ccccc1)[C@@H](C)O)B1O[C@@H]2C[C@H]3C[C@H](C3(C)C)[C@]2(C)O1. The molecule has 3 aliphatic carbocycles. The average Bonchev–Trinajstić information content (AvgIpc) is 3.18. The third-order valence-electron chi connectivity index (χ3n) is 8.60. The van der Waals surface area contributed by atoms with Crippen LogP contribution in [0.25, 0.3) is 0 Å². The molecule has 2 amide bonds. The van der Waals surface area contributed by atoms with Crippen molar-refractivity contribution >= 4 is 19.1 Å². The van der Waals surface area contributed by atoms with Crippen LogP contribution in [-0.4, -0.2) is 54.0 Å². The van der Waals surface area contributed by atoms with Crippen LogP contribution >= 0.6 is 0 Å². The highest BCUT2D eigenvalue weighted by molar-refractivity contribution is 6.48. The van der Waals surface area contributed by atoms with Gasteiger partial charge >= 0.3 is 13.2 Å². The normalized spacial score (nSPS) is 30.6. The second-order valence-corrected chi connectivity index (χ2v) is 12.0. The molecule has 1 aromatic carbocycles. The van der Waals surface area contributed by atoms with E-state index in [-0.39, 0.29) is 29.6 Å². The molecule has 1 saturated heterocycles. The number of rotatable bonds is 9. The molecule has 3 saturated carbocycles. The van der Waals surface area contributed by atoms with Crippen molar-refractivity contribution in [3.8, 4) is 0 Å². The number of ether oxygens (including phenoxy) is 1. The van der Waals surface area contributed by atoms with Crippen molar-refractivity contribution in [2.75, 3.05) is 0 Å². The Labute approximate surface area is 215 Å². The number of alkyl carbamates (subject to hydrolysis) is 1. The first kappa shape index (κ1) is 27.0. The average molecular weight is 500 g/mol. The van der Waals surface area contributed by atoms with E-state index in [9.17, 15) is 14.7 Å². The fourth-order valence-corrected chi connectivity index (χ4v) is 6.39. The summed E-state index contributed by atoms with van der Waals surface area (Å²) in [5.74, 6) is 0.414. The molecule has 9 heteroatoms. The topological polar surface area (TPSA) is 106 Å². The summed E-state index contributed by atoms with van der Waals surface area (Å²) in [4.78, 5) is 25.7. The van der Waals surface area contributed by atoms with E-state index in [2.05, 4.69) is 45.3 Å². The maximum Gasteiger partial charge on any atom is 0.481 e. The Bertz CT molecular complexity index is 941. The molecule has 7 atom stereocenters. The van der Waals surface area contributed by atoms with Crippen molar-refractivity contribution in [2.45, 2.75) is 97.2 Å². The van der Waals surface area contributed by atoms with Gasteiger partial charge in [-0.3, -0.25) is 4.79 Å². The molecule has 0 unspecified atom stereocenters. The number of hydrogen-bond donors (Lipinski definition) is 3. The largest absolute Gasteiger partial charge is 0.481 e. The van der Waals surface area contributed by atoms with E-state index in [1.54, 1.807) is 0 Å². The summed E-state index contributed by atoms with van der Waals surface area (Å²) in [5.41, 5.74) is 0.669. The summed E-state index contributed by atoms with van der Waals surface area (Å²) in [5, 5.41) is 15.8. The van der Waals surface area contributed by atoms with Crippen LogP contribution < -0.4 is 10.6 Å². The second-order valence-electron chi connectivity index (χ2n) is 12.0. The number of aliphatic hydroxyl groups is 1. The van der Waals surface area contributed by atoms with Gasteiger partial charge in [0, 0.05) is 0 Å². The molecule has 8 nitrogen and oxygen atoms in total. The standard InChI is InChI=1S/C27H41BN2O6/c1-16(2)12-22(28-35-21-14-19-13-20(26(19,4)5)27(21,6)36-28)29-24(32)23(17(3)31)30-25(33)34-15-18-10-8-7-9-11-18/h7-11,16-17,19-23,31H,12-15H2,1-6H3,(H,29,32)(H,30,33)/t17-,19-,20-,21-,22+,23+,27+/m1/s1. The Balaban J connectivity index is 1.40. The van der Waals surface area contributed by atoms with Crippen LogP contribution in [0.2, 0.25) is 0 Å². The van der Waals surface area contributed by atoms with Crippen LogP contribution in [-0.2, 0) is 25.4 Å². The molecule has 1 aliphatic heterocycles. The van der Waals surface area contributed by atoms with Gasteiger partial charge < -0.3 is 29.8 Å². The molecule has 1 aromatic rings. The van der Waals surface area contributed by atoms with Gasteiger partial charge in [-0.05, 0) is 61.8 Å². The summed E-state index contributed by atoms with van der Waals surface area (Å²) < 4.78 is 18.3. The molecule has 2 bridgehead atoms. The third-order valence-corrected chi connectivity index (χ3v) is 8.60. The Kier molecular flexibility index (Phi) is 7.74. The molecule has 36 heavy (non-hydrogen) atoms. The van der Waals surface area contributed by atoms with Crippen LogP contribution in [0.3, 0.4) is 0 Å². The minimum absolute atomic E-state index is 0.00416. The molecule has 4 aliphatic rings. The highest BCUT2D eigenvalue weighted by atomic mass is 16.7. The molecule has 5 rings (SSSR count). The number of carbonyl (C=O) groups is 2. The van der Waals surface area contributed by atoms with Crippen molar-refractivity contribution < 1.29 is 28.7 Å². The molecule has 1 heterocycles. The van der Waals surface area contributed by atoms with Crippen molar-refractivity contribution in [2.24, 2.45) is 23.2 Å². The predicted octanol–water partition coefficient (Wildman–Crippen LogP) is 3.46. The van der Waals surface area contributed by atoms with E-state index in [4.69, 9.17) is 14.0 Å². The smallest absolute Gasteiger partial charge is 0.445 e. The fourth-order valence-electron chi connectivity index (χ4n) is 6.39. The van der Waals surface area contributed by atoms with E-state index in [0.29, 0.717) is 18.3 Å². The zero-order chi connectivity index (χ0) is 26.3. The summed E-state index contributed by atoms with van der Waals surface area (Å²) in [7, 11) is -0.582. The summed E-state index contributed by atoms with van der Waals surface area (Å²) in [6.45, 7) is 12.5. The number of amides is 2. The van der Waals surface area contributed by atoms with E-state index in [1.165, 1.54) is 6.92 Å².